The summed E-state index contributed by atoms with van der Waals surface area (Å²) in [7, 11) is 1.50. The molecule has 0 atom stereocenters. The lowest BCUT2D eigenvalue weighted by Crippen LogP contribution is -2.24. The maximum Gasteiger partial charge on any atom is 0.342 e. The molecule has 6 heteroatoms. The van der Waals surface area contributed by atoms with Crippen LogP contribution in [0.4, 0.5) is 5.69 Å². The number of aromatic hydroxyl groups is 1. The van der Waals surface area contributed by atoms with Crippen molar-refractivity contribution in [2.24, 2.45) is 0 Å². The number of carbonyl (C=O) groups excluding carboxylic acids is 1. The average Bonchev–Trinajstić information content (AvgIpc) is 2.53. The normalized spacial score (nSPS) is 11.1. The predicted molar refractivity (Wildman–Crippen MR) is 98.6 cm³/mol. The zero-order chi connectivity index (χ0) is 18.6. The van der Waals surface area contributed by atoms with Gasteiger partial charge in [0.1, 0.15) is 22.7 Å². The molecule has 0 saturated carbocycles. The number of carbonyl (C=O) groups is 1. The summed E-state index contributed by atoms with van der Waals surface area (Å²) < 4.78 is 10.7. The highest BCUT2D eigenvalue weighted by molar-refractivity contribution is 6.30. The zero-order valence-corrected chi connectivity index (χ0v) is 15.5. The highest BCUT2D eigenvalue weighted by Crippen LogP contribution is 2.27. The molecule has 0 amide bonds. The quantitative estimate of drug-likeness (QED) is 0.758. The summed E-state index contributed by atoms with van der Waals surface area (Å²) in [5, 5.41) is 13.6. The van der Waals surface area contributed by atoms with Crippen LogP contribution in [0.1, 0.15) is 36.7 Å². The topological polar surface area (TPSA) is 67.8 Å². The number of phenolic OH excluding ortho intramolecular Hbond substituents is 1. The van der Waals surface area contributed by atoms with Crippen LogP contribution < -0.4 is 10.1 Å². The molecule has 5 nitrogen and oxygen atoms in total. The molecule has 25 heavy (non-hydrogen) atoms. The minimum atomic E-state index is -0.580. The molecule has 0 aliphatic heterocycles. The van der Waals surface area contributed by atoms with Crippen molar-refractivity contribution < 1.29 is 19.4 Å². The van der Waals surface area contributed by atoms with Crippen LogP contribution in [-0.4, -0.2) is 23.8 Å². The van der Waals surface area contributed by atoms with Gasteiger partial charge < -0.3 is 19.9 Å². The molecule has 0 unspecified atom stereocenters. The first-order valence-corrected chi connectivity index (χ1v) is 8.20. The van der Waals surface area contributed by atoms with E-state index < -0.39 is 11.6 Å². The van der Waals surface area contributed by atoms with Crippen molar-refractivity contribution in [3.63, 3.8) is 0 Å². The Kier molecular flexibility index (Phi) is 5.80. The van der Waals surface area contributed by atoms with Crippen LogP contribution in [0.2, 0.25) is 5.02 Å². The van der Waals surface area contributed by atoms with E-state index in [1.54, 1.807) is 36.4 Å². The highest BCUT2D eigenvalue weighted by Gasteiger charge is 2.21. The largest absolute Gasteiger partial charge is 0.508 e. The smallest absolute Gasteiger partial charge is 0.342 e. The van der Waals surface area contributed by atoms with E-state index in [9.17, 15) is 9.90 Å². The Hall–Kier alpha value is -2.40. The van der Waals surface area contributed by atoms with Crippen molar-refractivity contribution in [3.8, 4) is 11.5 Å². The lowest BCUT2D eigenvalue weighted by atomic mass is 10.1. The third-order valence-electron chi connectivity index (χ3n) is 3.34. The molecule has 0 saturated heterocycles. The van der Waals surface area contributed by atoms with Crippen molar-refractivity contribution in [1.29, 1.82) is 0 Å². The van der Waals surface area contributed by atoms with E-state index in [0.29, 0.717) is 28.4 Å². The van der Waals surface area contributed by atoms with E-state index in [1.165, 1.54) is 7.11 Å². The molecule has 0 heterocycles. The number of hydrogen-bond donors (Lipinski definition) is 2. The second-order valence-corrected chi connectivity index (χ2v) is 6.98. The molecular formula is C19H22ClNO4. The monoisotopic (exact) mass is 363 g/mol. The number of halogens is 1. The lowest BCUT2D eigenvalue weighted by molar-refractivity contribution is 0.00666. The van der Waals surface area contributed by atoms with Crippen LogP contribution in [0.25, 0.3) is 0 Å². The molecule has 2 aromatic rings. The molecule has 0 bridgehead atoms. The van der Waals surface area contributed by atoms with Crippen molar-refractivity contribution in [3.05, 3.63) is 52.5 Å². The second kappa shape index (κ2) is 7.66. The Bertz CT molecular complexity index is 769. The number of hydrogen-bond acceptors (Lipinski definition) is 5. The fraction of sp³-hybridized carbons (Fsp3) is 0.316. The van der Waals surface area contributed by atoms with Crippen LogP contribution in [0.3, 0.4) is 0 Å². The summed E-state index contributed by atoms with van der Waals surface area (Å²) in [6, 6.07) is 9.97. The molecule has 134 valence electrons. The van der Waals surface area contributed by atoms with Crippen molar-refractivity contribution in [1.82, 2.24) is 0 Å². The highest BCUT2D eigenvalue weighted by atomic mass is 35.5. The molecule has 0 aromatic heterocycles. The minimum absolute atomic E-state index is 0.161. The van der Waals surface area contributed by atoms with Crippen LogP contribution in [0, 0.1) is 0 Å². The van der Waals surface area contributed by atoms with Crippen molar-refractivity contribution in [2.75, 3.05) is 12.4 Å². The Balaban J connectivity index is 2.15. The van der Waals surface area contributed by atoms with Crippen LogP contribution in [0.5, 0.6) is 11.5 Å². The number of nitrogens with one attached hydrogen (secondary N) is 1. The van der Waals surface area contributed by atoms with E-state index in [1.807, 2.05) is 20.8 Å². The van der Waals surface area contributed by atoms with E-state index >= 15 is 0 Å². The van der Waals surface area contributed by atoms with Gasteiger partial charge in [-0.15, -0.1) is 0 Å². The Morgan fingerprint density at radius 3 is 2.56 bits per heavy atom. The number of ether oxygens (including phenoxy) is 2. The van der Waals surface area contributed by atoms with Gasteiger partial charge in [-0.3, -0.25) is 0 Å². The molecule has 0 radical (unpaired) electrons. The number of methoxy groups -OCH3 is 1. The van der Waals surface area contributed by atoms with Gasteiger partial charge in [0.25, 0.3) is 0 Å². The van der Waals surface area contributed by atoms with Gasteiger partial charge in [-0.25, -0.2) is 4.79 Å². The summed E-state index contributed by atoms with van der Waals surface area (Å²) in [6.45, 7) is 5.81. The molecule has 0 aliphatic rings. The van der Waals surface area contributed by atoms with Gasteiger partial charge in [0.05, 0.1) is 7.11 Å². The number of phenols is 1. The first kappa shape index (κ1) is 18.9. The van der Waals surface area contributed by atoms with Crippen molar-refractivity contribution >= 4 is 23.3 Å². The fourth-order valence-electron chi connectivity index (χ4n) is 2.20. The van der Waals surface area contributed by atoms with Crippen molar-refractivity contribution in [2.45, 2.75) is 32.9 Å². The van der Waals surface area contributed by atoms with Gasteiger partial charge in [-0.2, -0.15) is 0 Å². The number of esters is 1. The molecule has 0 spiro atoms. The Morgan fingerprint density at radius 2 is 1.92 bits per heavy atom. The Labute approximate surface area is 152 Å². The standard InChI is InChI=1S/C19H22ClNO4/c1-19(2,3)25-18(23)15-7-6-14(10-17(15)24-4)21-11-12-9-13(20)5-8-16(12)22/h5-10,21-22H,11H2,1-4H3. The van der Waals surface area contributed by atoms with Gasteiger partial charge in [-0.1, -0.05) is 11.6 Å². The average molecular weight is 364 g/mol. The first-order valence-electron chi connectivity index (χ1n) is 7.82. The van der Waals surface area contributed by atoms with Crippen LogP contribution in [-0.2, 0) is 11.3 Å². The molecular weight excluding hydrogens is 342 g/mol. The zero-order valence-electron chi connectivity index (χ0n) is 14.7. The lowest BCUT2D eigenvalue weighted by Gasteiger charge is -2.20. The third-order valence-corrected chi connectivity index (χ3v) is 3.58. The second-order valence-electron chi connectivity index (χ2n) is 6.54. The van der Waals surface area contributed by atoms with Crippen LogP contribution in [0.15, 0.2) is 36.4 Å². The van der Waals surface area contributed by atoms with Gasteiger partial charge in [0.2, 0.25) is 0 Å². The first-order chi connectivity index (χ1) is 11.7. The molecule has 0 aliphatic carbocycles. The van der Waals surface area contributed by atoms with Gasteiger partial charge >= 0.3 is 5.97 Å². The summed E-state index contributed by atoms with van der Waals surface area (Å²) in [6.07, 6.45) is 0. The molecule has 2 aromatic carbocycles. The number of rotatable bonds is 5. The van der Waals surface area contributed by atoms with E-state index in [2.05, 4.69) is 5.32 Å². The third kappa shape index (κ3) is 5.29. The number of anilines is 1. The van der Waals surface area contributed by atoms with Crippen LogP contribution >= 0.6 is 11.6 Å². The van der Waals surface area contributed by atoms with Gasteiger partial charge in [0.15, 0.2) is 0 Å². The number of benzene rings is 2. The van der Waals surface area contributed by atoms with E-state index in [4.69, 9.17) is 21.1 Å². The SMILES string of the molecule is COc1cc(NCc2cc(Cl)ccc2O)ccc1C(=O)OC(C)(C)C. The summed E-state index contributed by atoms with van der Waals surface area (Å²) in [4.78, 5) is 12.2. The summed E-state index contributed by atoms with van der Waals surface area (Å²) in [5.74, 6) is 0.132. The molecule has 2 N–H and O–H groups in total. The maximum absolute atomic E-state index is 12.2. The summed E-state index contributed by atoms with van der Waals surface area (Å²) in [5.41, 5.74) is 1.18. The summed E-state index contributed by atoms with van der Waals surface area (Å²) >= 11 is 5.94. The predicted octanol–water partition coefficient (Wildman–Crippen LogP) is 4.62. The molecule has 0 fully saturated rings. The maximum atomic E-state index is 12.2. The van der Waals surface area contributed by atoms with Gasteiger partial charge in [-0.05, 0) is 51.1 Å². The fourth-order valence-corrected chi connectivity index (χ4v) is 2.39. The van der Waals surface area contributed by atoms with E-state index in [-0.39, 0.29) is 5.75 Å². The van der Waals surface area contributed by atoms with E-state index in [0.717, 1.165) is 5.69 Å². The Morgan fingerprint density at radius 1 is 1.20 bits per heavy atom. The molecule has 2 rings (SSSR count). The van der Waals surface area contributed by atoms with Gasteiger partial charge in [0, 0.05) is 28.9 Å². The minimum Gasteiger partial charge on any atom is -0.508 e.